The molecular weight excluding hydrogens is 340 g/mol. The Hall–Kier alpha value is -2.53. The monoisotopic (exact) mass is 358 g/mol. The van der Waals surface area contributed by atoms with Crippen LogP contribution in [-0.2, 0) is 9.59 Å². The van der Waals surface area contributed by atoms with Gasteiger partial charge in [0, 0.05) is 35.4 Å². The van der Waals surface area contributed by atoms with Crippen LogP contribution in [0.1, 0.15) is 12.0 Å². The number of carbonyl (C=O) groups excluding carboxylic acids is 2. The maximum absolute atomic E-state index is 12.6. The number of nitrogens with one attached hydrogen (secondary N) is 1. The second kappa shape index (κ2) is 7.15. The van der Waals surface area contributed by atoms with E-state index >= 15 is 0 Å². The number of hydrogen-bond donors (Lipinski definition) is 1. The van der Waals surface area contributed by atoms with Crippen LogP contribution in [0.15, 0.2) is 42.5 Å². The van der Waals surface area contributed by atoms with Gasteiger partial charge in [0.15, 0.2) is 0 Å². The normalized spacial score (nSPS) is 16.8. The van der Waals surface area contributed by atoms with Crippen molar-refractivity contribution in [2.45, 2.75) is 13.3 Å². The fourth-order valence-electron chi connectivity index (χ4n) is 2.89. The van der Waals surface area contributed by atoms with Gasteiger partial charge in [0.25, 0.3) is 0 Å². The van der Waals surface area contributed by atoms with Gasteiger partial charge in [-0.15, -0.1) is 0 Å². The van der Waals surface area contributed by atoms with Crippen LogP contribution in [0.3, 0.4) is 0 Å². The van der Waals surface area contributed by atoms with Gasteiger partial charge in [-0.1, -0.05) is 23.7 Å². The molecule has 1 aliphatic rings. The third kappa shape index (κ3) is 3.61. The van der Waals surface area contributed by atoms with Crippen LogP contribution >= 0.6 is 11.6 Å². The van der Waals surface area contributed by atoms with E-state index in [0.717, 1.165) is 11.3 Å². The molecule has 1 aliphatic heterocycles. The van der Waals surface area contributed by atoms with E-state index in [1.165, 1.54) is 0 Å². The van der Waals surface area contributed by atoms with Gasteiger partial charge >= 0.3 is 0 Å². The highest BCUT2D eigenvalue weighted by Crippen LogP contribution is 2.29. The molecule has 2 aromatic rings. The molecule has 0 aliphatic carbocycles. The Labute approximate surface area is 151 Å². The van der Waals surface area contributed by atoms with Crippen LogP contribution in [0.4, 0.5) is 11.4 Å². The van der Waals surface area contributed by atoms with E-state index in [1.807, 2.05) is 25.1 Å². The largest absolute Gasteiger partial charge is 0.497 e. The second-order valence-electron chi connectivity index (χ2n) is 6.01. The third-order valence-electron chi connectivity index (χ3n) is 4.39. The van der Waals surface area contributed by atoms with Crippen LogP contribution in [0.2, 0.25) is 5.02 Å². The Morgan fingerprint density at radius 1 is 1.28 bits per heavy atom. The molecule has 1 fully saturated rings. The molecule has 1 atom stereocenters. The standard InChI is InChI=1S/C19H19ClN2O3/c1-12-16(20)7-4-8-17(12)21-19(24)13-9-18(23)22(11-13)14-5-3-6-15(10-14)25-2/h3-8,10,13H,9,11H2,1-2H3,(H,21,24)/t13-/m1/s1. The average molecular weight is 359 g/mol. The highest BCUT2D eigenvalue weighted by molar-refractivity contribution is 6.31. The summed E-state index contributed by atoms with van der Waals surface area (Å²) in [5.74, 6) is 0.0187. The number of rotatable bonds is 4. The number of halogens is 1. The van der Waals surface area contributed by atoms with Crippen molar-refractivity contribution in [3.63, 3.8) is 0 Å². The molecule has 0 spiro atoms. The summed E-state index contributed by atoms with van der Waals surface area (Å²) in [6.45, 7) is 2.19. The second-order valence-corrected chi connectivity index (χ2v) is 6.42. The van der Waals surface area contributed by atoms with Crippen molar-refractivity contribution in [1.29, 1.82) is 0 Å². The van der Waals surface area contributed by atoms with Gasteiger partial charge in [0.05, 0.1) is 13.0 Å². The van der Waals surface area contributed by atoms with Crippen molar-refractivity contribution in [3.05, 3.63) is 53.1 Å². The van der Waals surface area contributed by atoms with Gasteiger partial charge in [-0.3, -0.25) is 9.59 Å². The first-order chi connectivity index (χ1) is 12.0. The molecular formula is C19H19ClN2O3. The fraction of sp³-hybridized carbons (Fsp3) is 0.263. The summed E-state index contributed by atoms with van der Waals surface area (Å²) in [6, 6.07) is 12.6. The van der Waals surface area contributed by atoms with E-state index < -0.39 is 5.92 Å². The lowest BCUT2D eigenvalue weighted by atomic mass is 10.1. The van der Waals surface area contributed by atoms with E-state index in [2.05, 4.69) is 5.32 Å². The summed E-state index contributed by atoms with van der Waals surface area (Å²) in [6.07, 6.45) is 0.183. The first-order valence-corrected chi connectivity index (χ1v) is 8.38. The van der Waals surface area contributed by atoms with E-state index in [-0.39, 0.29) is 18.2 Å². The summed E-state index contributed by atoms with van der Waals surface area (Å²) in [5.41, 5.74) is 2.22. The summed E-state index contributed by atoms with van der Waals surface area (Å²) in [7, 11) is 1.58. The van der Waals surface area contributed by atoms with E-state index in [9.17, 15) is 9.59 Å². The molecule has 0 saturated carbocycles. The highest BCUT2D eigenvalue weighted by atomic mass is 35.5. The summed E-state index contributed by atoms with van der Waals surface area (Å²) >= 11 is 6.09. The predicted octanol–water partition coefficient (Wildman–Crippen LogP) is 3.65. The SMILES string of the molecule is COc1cccc(N2C[C@H](C(=O)Nc3cccc(Cl)c3C)CC2=O)c1. The predicted molar refractivity (Wildman–Crippen MR) is 98.3 cm³/mol. The van der Waals surface area contributed by atoms with E-state index in [0.29, 0.717) is 23.0 Å². The quantitative estimate of drug-likeness (QED) is 0.907. The number of methoxy groups -OCH3 is 1. The smallest absolute Gasteiger partial charge is 0.229 e. The van der Waals surface area contributed by atoms with Gasteiger partial charge in [0.1, 0.15) is 5.75 Å². The molecule has 3 rings (SSSR count). The summed E-state index contributed by atoms with van der Waals surface area (Å²) in [4.78, 5) is 26.5. The zero-order valence-electron chi connectivity index (χ0n) is 14.1. The van der Waals surface area contributed by atoms with Gasteiger partial charge in [-0.05, 0) is 36.8 Å². The molecule has 0 bridgehead atoms. The minimum atomic E-state index is -0.405. The topological polar surface area (TPSA) is 58.6 Å². The average Bonchev–Trinajstić information content (AvgIpc) is 3.01. The van der Waals surface area contributed by atoms with Crippen molar-refractivity contribution in [2.24, 2.45) is 5.92 Å². The Kier molecular flexibility index (Phi) is 4.95. The maximum Gasteiger partial charge on any atom is 0.229 e. The fourth-order valence-corrected chi connectivity index (χ4v) is 3.06. The van der Waals surface area contributed by atoms with Crippen LogP contribution in [-0.4, -0.2) is 25.5 Å². The molecule has 130 valence electrons. The Morgan fingerprint density at radius 3 is 2.80 bits per heavy atom. The Bertz CT molecular complexity index is 822. The first-order valence-electron chi connectivity index (χ1n) is 8.00. The van der Waals surface area contributed by atoms with Crippen LogP contribution in [0.25, 0.3) is 0 Å². The molecule has 6 heteroatoms. The van der Waals surface area contributed by atoms with Crippen molar-refractivity contribution >= 4 is 34.8 Å². The number of carbonyl (C=O) groups is 2. The minimum Gasteiger partial charge on any atom is -0.497 e. The van der Waals surface area contributed by atoms with Crippen molar-refractivity contribution in [1.82, 2.24) is 0 Å². The lowest BCUT2D eigenvalue weighted by molar-refractivity contribution is -0.122. The van der Waals surface area contributed by atoms with Crippen molar-refractivity contribution in [2.75, 3.05) is 23.9 Å². The number of amides is 2. The first kappa shape index (κ1) is 17.3. The molecule has 0 radical (unpaired) electrons. The molecule has 0 aromatic heterocycles. The molecule has 25 heavy (non-hydrogen) atoms. The zero-order chi connectivity index (χ0) is 18.0. The summed E-state index contributed by atoms with van der Waals surface area (Å²) in [5, 5.41) is 3.48. The molecule has 2 aromatic carbocycles. The van der Waals surface area contributed by atoms with E-state index in [1.54, 1.807) is 36.3 Å². The highest BCUT2D eigenvalue weighted by Gasteiger charge is 2.35. The zero-order valence-corrected chi connectivity index (χ0v) is 14.8. The van der Waals surface area contributed by atoms with Gasteiger partial charge in [0.2, 0.25) is 11.8 Å². The van der Waals surface area contributed by atoms with Crippen molar-refractivity contribution in [3.8, 4) is 5.75 Å². The molecule has 1 N–H and O–H groups in total. The number of ether oxygens (including phenoxy) is 1. The number of nitrogens with zero attached hydrogens (tertiary/aromatic N) is 1. The lowest BCUT2D eigenvalue weighted by Gasteiger charge is -2.17. The molecule has 1 saturated heterocycles. The number of anilines is 2. The molecule has 2 amide bonds. The maximum atomic E-state index is 12.6. The molecule has 1 heterocycles. The molecule has 0 unspecified atom stereocenters. The van der Waals surface area contributed by atoms with Gasteiger partial charge in [-0.25, -0.2) is 0 Å². The Morgan fingerprint density at radius 2 is 2.04 bits per heavy atom. The van der Waals surface area contributed by atoms with Crippen molar-refractivity contribution < 1.29 is 14.3 Å². The van der Waals surface area contributed by atoms with Crippen LogP contribution in [0.5, 0.6) is 5.75 Å². The van der Waals surface area contributed by atoms with Crippen LogP contribution in [0, 0.1) is 12.8 Å². The Balaban J connectivity index is 1.73. The number of hydrogen-bond acceptors (Lipinski definition) is 3. The third-order valence-corrected chi connectivity index (χ3v) is 4.80. The summed E-state index contributed by atoms with van der Waals surface area (Å²) < 4.78 is 5.20. The van der Waals surface area contributed by atoms with Gasteiger partial charge in [-0.2, -0.15) is 0 Å². The van der Waals surface area contributed by atoms with Gasteiger partial charge < -0.3 is 15.0 Å². The van der Waals surface area contributed by atoms with E-state index in [4.69, 9.17) is 16.3 Å². The lowest BCUT2D eigenvalue weighted by Crippen LogP contribution is -2.28. The minimum absolute atomic E-state index is 0.0729. The molecule has 5 nitrogen and oxygen atoms in total. The van der Waals surface area contributed by atoms with Crippen LogP contribution < -0.4 is 15.0 Å². The number of benzene rings is 2.